The van der Waals surface area contributed by atoms with E-state index in [0.29, 0.717) is 5.41 Å². The van der Waals surface area contributed by atoms with Gasteiger partial charge in [0, 0.05) is 0 Å². The van der Waals surface area contributed by atoms with Crippen molar-refractivity contribution in [3.63, 3.8) is 0 Å². The van der Waals surface area contributed by atoms with Crippen molar-refractivity contribution in [1.29, 1.82) is 0 Å². The molecule has 0 aromatic heterocycles. The highest BCUT2D eigenvalue weighted by atomic mass is 14.0. The van der Waals surface area contributed by atoms with E-state index in [1.807, 2.05) is 128 Å². The predicted molar refractivity (Wildman–Crippen MR) is 123 cm³/mol. The van der Waals surface area contributed by atoms with Crippen molar-refractivity contribution in [3.8, 4) is 0 Å². The van der Waals surface area contributed by atoms with E-state index >= 15 is 0 Å². The topological polar surface area (TPSA) is 0 Å². The van der Waals surface area contributed by atoms with Gasteiger partial charge in [0.05, 0.1) is 0 Å². The van der Waals surface area contributed by atoms with Gasteiger partial charge in [0.15, 0.2) is 0 Å². The van der Waals surface area contributed by atoms with Crippen molar-refractivity contribution < 1.29 is 0 Å². The SMILES string of the molecule is CC.CC.CC.CC.CC(C)(C)C.c1ccccc1.c1ccccc1. The van der Waals surface area contributed by atoms with Crippen LogP contribution in [0.25, 0.3) is 0 Å². The molecular formula is C25H48. The summed E-state index contributed by atoms with van der Waals surface area (Å²) < 4.78 is 0. The highest BCUT2D eigenvalue weighted by molar-refractivity contribution is 4.99. The molecular weight excluding hydrogens is 300 g/mol. The molecule has 0 atom stereocenters. The molecule has 0 fully saturated rings. The Kier molecular flexibility index (Phi) is 53.0. The fourth-order valence-corrected chi connectivity index (χ4v) is 0.770. The van der Waals surface area contributed by atoms with Crippen LogP contribution in [0.15, 0.2) is 72.8 Å². The zero-order valence-electron chi connectivity index (χ0n) is 19.4. The largest absolute Gasteiger partial charge is 0.0683 e. The van der Waals surface area contributed by atoms with Crippen LogP contribution >= 0.6 is 0 Å². The maximum Gasteiger partial charge on any atom is -0.0411 e. The third-order valence-electron chi connectivity index (χ3n) is 1.33. The maximum atomic E-state index is 2.19. The normalized spacial score (nSPS) is 7.20. The molecule has 0 saturated carbocycles. The van der Waals surface area contributed by atoms with E-state index in [-0.39, 0.29) is 0 Å². The standard InChI is InChI=1S/2C6H6.C5H12.4C2H6/c2*1-2-4-6-5-3-1;1-5(2,3)4;4*1-2/h2*1-6H;1-4H3;4*1-2H3. The molecule has 0 aliphatic heterocycles. The minimum Gasteiger partial charge on any atom is -0.0683 e. The van der Waals surface area contributed by atoms with Crippen LogP contribution in [0.4, 0.5) is 0 Å². The Hall–Kier alpha value is -1.56. The smallest absolute Gasteiger partial charge is 0.0411 e. The second-order valence-electron chi connectivity index (χ2n) is 5.31. The molecule has 0 amide bonds. The van der Waals surface area contributed by atoms with Gasteiger partial charge in [-0.2, -0.15) is 0 Å². The minimum absolute atomic E-state index is 0.500. The van der Waals surface area contributed by atoms with Crippen molar-refractivity contribution in [2.45, 2.75) is 83.1 Å². The third-order valence-corrected chi connectivity index (χ3v) is 1.33. The molecule has 0 aliphatic rings. The fraction of sp³-hybridized carbons (Fsp3) is 0.520. The minimum atomic E-state index is 0.500. The summed E-state index contributed by atoms with van der Waals surface area (Å²) >= 11 is 0. The summed E-state index contributed by atoms with van der Waals surface area (Å²) in [5.74, 6) is 0. The van der Waals surface area contributed by atoms with Crippen molar-refractivity contribution in [2.75, 3.05) is 0 Å². The average molecular weight is 349 g/mol. The summed E-state index contributed by atoms with van der Waals surface area (Å²) in [6, 6.07) is 24.0. The van der Waals surface area contributed by atoms with E-state index < -0.39 is 0 Å². The maximum absolute atomic E-state index is 2.19. The fourth-order valence-electron chi connectivity index (χ4n) is 0.770. The van der Waals surface area contributed by atoms with E-state index in [1.165, 1.54) is 0 Å². The lowest BCUT2D eigenvalue weighted by molar-refractivity contribution is 0.469. The van der Waals surface area contributed by atoms with Crippen LogP contribution in [-0.2, 0) is 0 Å². The van der Waals surface area contributed by atoms with Crippen molar-refractivity contribution in [2.24, 2.45) is 5.41 Å². The lowest BCUT2D eigenvalue weighted by Gasteiger charge is -2.05. The van der Waals surface area contributed by atoms with Crippen LogP contribution in [0.3, 0.4) is 0 Å². The van der Waals surface area contributed by atoms with E-state index in [0.717, 1.165) is 0 Å². The predicted octanol–water partition coefficient (Wildman–Crippen LogP) is 9.53. The molecule has 2 rings (SSSR count). The van der Waals surface area contributed by atoms with E-state index in [4.69, 9.17) is 0 Å². The van der Waals surface area contributed by atoms with Gasteiger partial charge in [0.25, 0.3) is 0 Å². The first-order valence-corrected chi connectivity index (χ1v) is 10.0. The van der Waals surface area contributed by atoms with Gasteiger partial charge in [-0.3, -0.25) is 0 Å². The Morgan fingerprint density at radius 1 is 0.280 bits per heavy atom. The van der Waals surface area contributed by atoms with Crippen LogP contribution in [0, 0.1) is 5.41 Å². The Morgan fingerprint density at radius 3 is 0.360 bits per heavy atom. The van der Waals surface area contributed by atoms with Crippen LogP contribution < -0.4 is 0 Å². The Balaban J connectivity index is -0.0000000670. The van der Waals surface area contributed by atoms with Gasteiger partial charge in [-0.25, -0.2) is 0 Å². The van der Waals surface area contributed by atoms with Gasteiger partial charge < -0.3 is 0 Å². The lowest BCUT2D eigenvalue weighted by Crippen LogP contribution is -1.93. The summed E-state index contributed by atoms with van der Waals surface area (Å²) in [6.07, 6.45) is 0. The van der Waals surface area contributed by atoms with Crippen LogP contribution in [0.2, 0.25) is 0 Å². The number of hydrogen-bond donors (Lipinski definition) is 0. The van der Waals surface area contributed by atoms with Gasteiger partial charge in [-0.05, 0) is 5.41 Å². The lowest BCUT2D eigenvalue weighted by atomic mass is 10.0. The van der Waals surface area contributed by atoms with E-state index in [9.17, 15) is 0 Å². The molecule has 148 valence electrons. The average Bonchev–Trinajstić information content (AvgIpc) is 2.70. The second kappa shape index (κ2) is 38.2. The van der Waals surface area contributed by atoms with Gasteiger partial charge in [0.1, 0.15) is 0 Å². The zero-order chi connectivity index (χ0) is 21.0. The summed E-state index contributed by atoms with van der Waals surface area (Å²) in [4.78, 5) is 0. The molecule has 2 aromatic carbocycles. The van der Waals surface area contributed by atoms with Crippen molar-refractivity contribution in [1.82, 2.24) is 0 Å². The van der Waals surface area contributed by atoms with Crippen molar-refractivity contribution >= 4 is 0 Å². The quantitative estimate of drug-likeness (QED) is 0.444. The summed E-state index contributed by atoms with van der Waals surface area (Å²) in [6.45, 7) is 24.8. The van der Waals surface area contributed by atoms with Gasteiger partial charge in [-0.1, -0.05) is 156 Å². The number of hydrogen-bond acceptors (Lipinski definition) is 0. The van der Waals surface area contributed by atoms with E-state index in [2.05, 4.69) is 27.7 Å². The zero-order valence-corrected chi connectivity index (χ0v) is 19.4. The summed E-state index contributed by atoms with van der Waals surface area (Å²) in [5.41, 5.74) is 0.500. The number of rotatable bonds is 0. The summed E-state index contributed by atoms with van der Waals surface area (Å²) in [5, 5.41) is 0. The first kappa shape index (κ1) is 34.7. The molecule has 0 heteroatoms. The van der Waals surface area contributed by atoms with Gasteiger partial charge in [-0.15, -0.1) is 0 Å². The molecule has 0 nitrogen and oxygen atoms in total. The Morgan fingerprint density at radius 2 is 0.320 bits per heavy atom. The summed E-state index contributed by atoms with van der Waals surface area (Å²) in [7, 11) is 0. The Labute approximate surface area is 161 Å². The third kappa shape index (κ3) is 86.0. The van der Waals surface area contributed by atoms with Gasteiger partial charge in [0.2, 0.25) is 0 Å². The molecule has 2 aromatic rings. The first-order chi connectivity index (χ1) is 12.0. The monoisotopic (exact) mass is 348 g/mol. The molecule has 0 bridgehead atoms. The molecule has 0 N–H and O–H groups in total. The van der Waals surface area contributed by atoms with E-state index in [1.54, 1.807) is 0 Å². The van der Waals surface area contributed by atoms with Crippen LogP contribution in [-0.4, -0.2) is 0 Å². The molecule has 0 aliphatic carbocycles. The van der Waals surface area contributed by atoms with Gasteiger partial charge >= 0.3 is 0 Å². The number of benzene rings is 2. The molecule has 0 spiro atoms. The molecule has 0 saturated heterocycles. The highest BCUT2D eigenvalue weighted by Gasteiger charge is 1.95. The molecule has 0 radical (unpaired) electrons. The molecule has 0 heterocycles. The first-order valence-electron chi connectivity index (χ1n) is 10.0. The Bertz CT molecular complexity index is 239. The molecule has 0 unspecified atom stereocenters. The van der Waals surface area contributed by atoms with Crippen LogP contribution in [0.5, 0.6) is 0 Å². The van der Waals surface area contributed by atoms with Crippen LogP contribution in [0.1, 0.15) is 83.1 Å². The molecule has 25 heavy (non-hydrogen) atoms. The highest BCUT2D eigenvalue weighted by Crippen LogP contribution is 2.08. The van der Waals surface area contributed by atoms with Crippen molar-refractivity contribution in [3.05, 3.63) is 72.8 Å². The second-order valence-corrected chi connectivity index (χ2v) is 5.31.